The van der Waals surface area contributed by atoms with Gasteiger partial charge in [-0.3, -0.25) is 4.79 Å². The van der Waals surface area contributed by atoms with Crippen LogP contribution in [0.25, 0.3) is 0 Å². The van der Waals surface area contributed by atoms with Crippen LogP contribution >= 0.6 is 0 Å². The standard InChI is InChI=1S/C25H40BNO4/c1-18(2)16-22(23(28)29-21-12-7-8-13-21)27-15-14-19-10-9-11-20(17-19)26-30-24(3,4)25(5,6)31-26/h9-11,17-18,21-22,27H,7-8,12-16H2,1-6H3/t22-/m0/s1. The van der Waals surface area contributed by atoms with E-state index in [1.807, 2.05) is 0 Å². The summed E-state index contributed by atoms with van der Waals surface area (Å²) < 4.78 is 18.1. The van der Waals surface area contributed by atoms with Crippen molar-refractivity contribution in [3.63, 3.8) is 0 Å². The van der Waals surface area contributed by atoms with E-state index in [0.717, 1.165) is 37.7 Å². The molecule has 0 unspecified atom stereocenters. The van der Waals surface area contributed by atoms with Crippen LogP contribution in [0.5, 0.6) is 0 Å². The molecule has 1 aromatic carbocycles. The van der Waals surface area contributed by atoms with Crippen LogP contribution < -0.4 is 10.8 Å². The van der Waals surface area contributed by atoms with Crippen LogP contribution in [0.2, 0.25) is 0 Å². The Labute approximate surface area is 188 Å². The second-order valence-electron chi connectivity index (χ2n) is 10.6. The highest BCUT2D eigenvalue weighted by Crippen LogP contribution is 2.36. The van der Waals surface area contributed by atoms with Crippen LogP contribution in [0.1, 0.15) is 79.2 Å². The summed E-state index contributed by atoms with van der Waals surface area (Å²) in [5.41, 5.74) is 1.54. The van der Waals surface area contributed by atoms with Gasteiger partial charge in [-0.05, 0) is 89.7 Å². The van der Waals surface area contributed by atoms with Gasteiger partial charge in [0, 0.05) is 0 Å². The van der Waals surface area contributed by atoms with Gasteiger partial charge in [0.2, 0.25) is 0 Å². The lowest BCUT2D eigenvalue weighted by Crippen LogP contribution is -2.41. The highest BCUT2D eigenvalue weighted by Gasteiger charge is 2.51. The largest absolute Gasteiger partial charge is 0.494 e. The highest BCUT2D eigenvalue weighted by molar-refractivity contribution is 6.62. The molecular weight excluding hydrogens is 389 g/mol. The molecule has 5 nitrogen and oxygen atoms in total. The average Bonchev–Trinajstić information content (AvgIpc) is 3.26. The number of carbonyl (C=O) groups excluding carboxylic acids is 1. The fourth-order valence-electron chi connectivity index (χ4n) is 4.25. The average molecular weight is 429 g/mol. The normalized spacial score (nSPS) is 21.6. The van der Waals surface area contributed by atoms with Crippen molar-refractivity contribution in [1.29, 1.82) is 0 Å². The number of hydrogen-bond acceptors (Lipinski definition) is 5. The van der Waals surface area contributed by atoms with Crippen LogP contribution in [0, 0.1) is 5.92 Å². The van der Waals surface area contributed by atoms with Crippen molar-refractivity contribution in [2.45, 2.75) is 103 Å². The second-order valence-corrected chi connectivity index (χ2v) is 10.6. The summed E-state index contributed by atoms with van der Waals surface area (Å²) in [7, 11) is -0.354. The van der Waals surface area contributed by atoms with Crippen LogP contribution in [-0.2, 0) is 25.3 Å². The van der Waals surface area contributed by atoms with E-state index in [-0.39, 0.29) is 36.4 Å². The first kappa shape index (κ1) is 24.3. The molecule has 0 aromatic heterocycles. The molecule has 31 heavy (non-hydrogen) atoms. The minimum Gasteiger partial charge on any atom is -0.461 e. The lowest BCUT2D eigenvalue weighted by molar-refractivity contribution is -0.151. The second kappa shape index (κ2) is 10.1. The predicted molar refractivity (Wildman–Crippen MR) is 125 cm³/mol. The zero-order valence-corrected chi connectivity index (χ0v) is 20.2. The summed E-state index contributed by atoms with van der Waals surface area (Å²) >= 11 is 0. The maximum atomic E-state index is 12.7. The van der Waals surface area contributed by atoms with Crippen LogP contribution in [0.4, 0.5) is 0 Å². The van der Waals surface area contributed by atoms with Crippen molar-refractivity contribution in [1.82, 2.24) is 5.32 Å². The Bertz CT molecular complexity index is 727. The van der Waals surface area contributed by atoms with E-state index >= 15 is 0 Å². The van der Waals surface area contributed by atoms with Crippen LogP contribution in [0.3, 0.4) is 0 Å². The molecule has 2 fully saturated rings. The van der Waals surface area contributed by atoms with E-state index in [1.54, 1.807) is 0 Å². The SMILES string of the molecule is CC(C)C[C@H](NCCc1cccc(B2OC(C)(C)C(C)(C)O2)c1)C(=O)OC1CCCC1. The first-order chi connectivity index (χ1) is 14.6. The Kier molecular flexibility index (Phi) is 7.88. The third-order valence-electron chi connectivity index (χ3n) is 6.86. The number of nitrogens with one attached hydrogen (secondary N) is 1. The van der Waals surface area contributed by atoms with Gasteiger partial charge in [0.1, 0.15) is 12.1 Å². The van der Waals surface area contributed by atoms with Crippen molar-refractivity contribution in [3.8, 4) is 0 Å². The Morgan fingerprint density at radius 3 is 2.42 bits per heavy atom. The van der Waals surface area contributed by atoms with Crippen molar-refractivity contribution in [2.75, 3.05) is 6.54 Å². The van der Waals surface area contributed by atoms with Gasteiger partial charge < -0.3 is 19.4 Å². The van der Waals surface area contributed by atoms with Gasteiger partial charge in [-0.2, -0.15) is 0 Å². The van der Waals surface area contributed by atoms with E-state index in [9.17, 15) is 4.79 Å². The summed E-state index contributed by atoms with van der Waals surface area (Å²) in [5.74, 6) is 0.340. The van der Waals surface area contributed by atoms with Gasteiger partial charge in [-0.25, -0.2) is 0 Å². The van der Waals surface area contributed by atoms with E-state index < -0.39 is 0 Å². The first-order valence-corrected chi connectivity index (χ1v) is 12.0. The van der Waals surface area contributed by atoms with E-state index in [0.29, 0.717) is 5.92 Å². The summed E-state index contributed by atoms with van der Waals surface area (Å²) in [5, 5.41) is 3.45. The minimum atomic E-state index is -0.354. The summed E-state index contributed by atoms with van der Waals surface area (Å²) in [6, 6.07) is 8.13. The minimum absolute atomic E-state index is 0.0911. The van der Waals surface area contributed by atoms with Crippen molar-refractivity contribution >= 4 is 18.6 Å². The third kappa shape index (κ3) is 6.33. The Morgan fingerprint density at radius 1 is 1.16 bits per heavy atom. The lowest BCUT2D eigenvalue weighted by Gasteiger charge is -2.32. The first-order valence-electron chi connectivity index (χ1n) is 12.0. The molecule has 1 heterocycles. The molecule has 1 aliphatic heterocycles. The molecular formula is C25H40BNO4. The van der Waals surface area contributed by atoms with Crippen molar-refractivity contribution < 1.29 is 18.8 Å². The molecule has 1 aliphatic carbocycles. The van der Waals surface area contributed by atoms with Gasteiger partial charge >= 0.3 is 13.1 Å². The molecule has 172 valence electrons. The molecule has 1 N–H and O–H groups in total. The van der Waals surface area contributed by atoms with Crippen LogP contribution in [0.15, 0.2) is 24.3 Å². The fourth-order valence-corrected chi connectivity index (χ4v) is 4.25. The molecule has 1 saturated heterocycles. The van der Waals surface area contributed by atoms with Crippen molar-refractivity contribution in [2.24, 2.45) is 5.92 Å². The number of carbonyl (C=O) groups is 1. The van der Waals surface area contributed by atoms with Gasteiger partial charge in [0.15, 0.2) is 0 Å². The Morgan fingerprint density at radius 2 is 1.81 bits per heavy atom. The molecule has 0 radical (unpaired) electrons. The van der Waals surface area contributed by atoms with E-state index in [4.69, 9.17) is 14.0 Å². The summed E-state index contributed by atoms with van der Waals surface area (Å²) in [4.78, 5) is 12.7. The highest BCUT2D eigenvalue weighted by atomic mass is 16.7. The number of ether oxygens (including phenoxy) is 1. The van der Waals surface area contributed by atoms with Gasteiger partial charge in [0.25, 0.3) is 0 Å². The third-order valence-corrected chi connectivity index (χ3v) is 6.86. The molecule has 0 spiro atoms. The van der Waals surface area contributed by atoms with Gasteiger partial charge in [-0.1, -0.05) is 38.1 Å². The zero-order valence-electron chi connectivity index (χ0n) is 20.2. The van der Waals surface area contributed by atoms with E-state index in [2.05, 4.69) is 71.1 Å². The lowest BCUT2D eigenvalue weighted by atomic mass is 9.78. The molecule has 0 bridgehead atoms. The monoisotopic (exact) mass is 429 g/mol. The molecule has 2 aliphatic rings. The quantitative estimate of drug-likeness (QED) is 0.475. The maximum Gasteiger partial charge on any atom is 0.494 e. The molecule has 1 atom stereocenters. The Hall–Kier alpha value is -1.37. The summed E-state index contributed by atoms with van der Waals surface area (Å²) in [6.07, 6.45) is 6.08. The zero-order chi connectivity index (χ0) is 22.6. The van der Waals surface area contributed by atoms with Crippen molar-refractivity contribution in [3.05, 3.63) is 29.8 Å². The number of esters is 1. The molecule has 6 heteroatoms. The number of hydrogen-bond donors (Lipinski definition) is 1. The van der Waals surface area contributed by atoms with Crippen LogP contribution in [-0.4, -0.2) is 43.0 Å². The van der Waals surface area contributed by atoms with Gasteiger partial charge in [0.05, 0.1) is 11.2 Å². The number of benzene rings is 1. The number of rotatable bonds is 9. The maximum absolute atomic E-state index is 12.7. The van der Waals surface area contributed by atoms with E-state index in [1.165, 1.54) is 18.4 Å². The topological polar surface area (TPSA) is 56.8 Å². The molecule has 0 amide bonds. The predicted octanol–water partition coefficient (Wildman–Crippen LogP) is 4.02. The van der Waals surface area contributed by atoms with Gasteiger partial charge in [-0.15, -0.1) is 0 Å². The molecule has 1 saturated carbocycles. The molecule has 3 rings (SSSR count). The molecule has 1 aromatic rings. The smallest absolute Gasteiger partial charge is 0.461 e. The fraction of sp³-hybridized carbons (Fsp3) is 0.720. The Balaban J connectivity index is 1.56. The summed E-state index contributed by atoms with van der Waals surface area (Å²) in [6.45, 7) is 13.3.